The Morgan fingerprint density at radius 1 is 1.29 bits per heavy atom. The van der Waals surface area contributed by atoms with Crippen molar-refractivity contribution in [2.75, 3.05) is 12.8 Å². The molecule has 0 unspecified atom stereocenters. The maximum Gasteiger partial charge on any atom is 0.247 e. The number of rotatable bonds is 3. The Labute approximate surface area is 98.6 Å². The molecule has 0 radical (unpaired) electrons. The summed E-state index contributed by atoms with van der Waals surface area (Å²) in [5.74, 6) is 2.37. The topological polar surface area (TPSA) is 74.2 Å². The predicted molar refractivity (Wildman–Crippen MR) is 62.7 cm³/mol. The van der Waals surface area contributed by atoms with Crippen molar-refractivity contribution >= 4 is 5.69 Å². The van der Waals surface area contributed by atoms with E-state index in [1.165, 1.54) is 0 Å². The largest absolute Gasteiger partial charge is 0.497 e. The molecule has 0 atom stereocenters. The fraction of sp³-hybridized carbons (Fsp3) is 0.333. The Kier molecular flexibility index (Phi) is 2.24. The maximum absolute atomic E-state index is 5.78. The second kappa shape index (κ2) is 3.76. The highest BCUT2D eigenvalue weighted by molar-refractivity contribution is 5.63. The van der Waals surface area contributed by atoms with Crippen LogP contribution in [0.1, 0.15) is 24.7 Å². The molecule has 2 N–H and O–H groups in total. The summed E-state index contributed by atoms with van der Waals surface area (Å²) >= 11 is 0. The number of nitrogens with zero attached hydrogens (tertiary/aromatic N) is 2. The minimum Gasteiger partial charge on any atom is -0.497 e. The smallest absolute Gasteiger partial charge is 0.247 e. The van der Waals surface area contributed by atoms with Crippen LogP contribution in [-0.4, -0.2) is 17.3 Å². The molecular formula is C12H13N3O2. The Morgan fingerprint density at radius 2 is 2.12 bits per heavy atom. The van der Waals surface area contributed by atoms with Gasteiger partial charge in [-0.1, -0.05) is 0 Å². The van der Waals surface area contributed by atoms with Crippen molar-refractivity contribution in [3.63, 3.8) is 0 Å². The molecule has 2 aromatic rings. The van der Waals surface area contributed by atoms with E-state index in [-0.39, 0.29) is 0 Å². The Morgan fingerprint density at radius 3 is 2.82 bits per heavy atom. The molecule has 1 aromatic carbocycles. The molecule has 3 rings (SSSR count). The van der Waals surface area contributed by atoms with Crippen molar-refractivity contribution in [3.8, 4) is 17.2 Å². The van der Waals surface area contributed by atoms with Crippen molar-refractivity contribution in [2.24, 2.45) is 0 Å². The SMILES string of the molecule is COc1cc(N)cc(-c2nnc(C3CC3)o2)c1. The third kappa shape index (κ3) is 1.95. The summed E-state index contributed by atoms with van der Waals surface area (Å²) in [6, 6.07) is 5.38. The molecule has 0 bridgehead atoms. The molecule has 1 aliphatic carbocycles. The van der Waals surface area contributed by atoms with Crippen LogP contribution in [0.15, 0.2) is 22.6 Å². The predicted octanol–water partition coefficient (Wildman–Crippen LogP) is 2.20. The number of methoxy groups -OCH3 is 1. The van der Waals surface area contributed by atoms with Crippen molar-refractivity contribution in [1.82, 2.24) is 10.2 Å². The molecule has 0 spiro atoms. The van der Waals surface area contributed by atoms with Crippen LogP contribution in [0, 0.1) is 0 Å². The zero-order valence-electron chi connectivity index (χ0n) is 9.51. The summed E-state index contributed by atoms with van der Waals surface area (Å²) in [6.45, 7) is 0. The molecule has 1 fully saturated rings. The maximum atomic E-state index is 5.78. The number of nitrogens with two attached hydrogens (primary N) is 1. The summed E-state index contributed by atoms with van der Waals surface area (Å²) in [4.78, 5) is 0. The monoisotopic (exact) mass is 231 g/mol. The molecule has 5 heteroatoms. The van der Waals surface area contributed by atoms with Crippen molar-refractivity contribution in [2.45, 2.75) is 18.8 Å². The van der Waals surface area contributed by atoms with Gasteiger partial charge in [-0.05, 0) is 25.0 Å². The Bertz CT molecular complexity index is 546. The third-order valence-electron chi connectivity index (χ3n) is 2.78. The van der Waals surface area contributed by atoms with Gasteiger partial charge in [-0.3, -0.25) is 0 Å². The van der Waals surface area contributed by atoms with Crippen LogP contribution in [0.5, 0.6) is 5.75 Å². The molecule has 88 valence electrons. The lowest BCUT2D eigenvalue weighted by atomic mass is 10.2. The van der Waals surface area contributed by atoms with E-state index in [4.69, 9.17) is 14.9 Å². The normalized spacial score (nSPS) is 14.9. The van der Waals surface area contributed by atoms with Crippen LogP contribution in [0.25, 0.3) is 11.5 Å². The van der Waals surface area contributed by atoms with Crippen LogP contribution in [0.3, 0.4) is 0 Å². The zero-order valence-corrected chi connectivity index (χ0v) is 9.51. The number of anilines is 1. The van der Waals surface area contributed by atoms with Crippen molar-refractivity contribution < 1.29 is 9.15 Å². The highest BCUT2D eigenvalue weighted by Crippen LogP contribution is 2.40. The van der Waals surface area contributed by atoms with E-state index in [1.54, 1.807) is 19.2 Å². The van der Waals surface area contributed by atoms with Gasteiger partial charge in [-0.25, -0.2) is 0 Å². The van der Waals surface area contributed by atoms with Crippen LogP contribution in [-0.2, 0) is 0 Å². The van der Waals surface area contributed by atoms with E-state index in [1.807, 2.05) is 6.07 Å². The molecule has 17 heavy (non-hydrogen) atoms. The zero-order chi connectivity index (χ0) is 11.8. The number of hydrogen-bond acceptors (Lipinski definition) is 5. The van der Waals surface area contributed by atoms with E-state index < -0.39 is 0 Å². The summed E-state index contributed by atoms with van der Waals surface area (Å²) in [6.07, 6.45) is 2.28. The van der Waals surface area contributed by atoms with Gasteiger partial charge in [-0.15, -0.1) is 10.2 Å². The quantitative estimate of drug-likeness (QED) is 0.820. The van der Waals surface area contributed by atoms with Gasteiger partial charge < -0.3 is 14.9 Å². The lowest BCUT2D eigenvalue weighted by Gasteiger charge is -2.03. The molecule has 5 nitrogen and oxygen atoms in total. The molecule has 1 aliphatic rings. The van der Waals surface area contributed by atoms with Gasteiger partial charge in [0.15, 0.2) is 0 Å². The second-order valence-corrected chi connectivity index (χ2v) is 4.21. The van der Waals surface area contributed by atoms with Gasteiger partial charge in [0.05, 0.1) is 7.11 Å². The average Bonchev–Trinajstić information content (AvgIpc) is 3.06. The standard InChI is InChI=1S/C12H13N3O2/c1-16-10-5-8(4-9(13)6-10)12-15-14-11(17-12)7-2-3-7/h4-7H,2-3,13H2,1H3. The van der Waals surface area contributed by atoms with Gasteiger partial charge in [0, 0.05) is 23.2 Å². The number of benzene rings is 1. The van der Waals surface area contributed by atoms with Gasteiger partial charge in [0.25, 0.3) is 0 Å². The van der Waals surface area contributed by atoms with Crippen molar-refractivity contribution in [1.29, 1.82) is 0 Å². The van der Waals surface area contributed by atoms with Crippen LogP contribution in [0.2, 0.25) is 0 Å². The van der Waals surface area contributed by atoms with E-state index in [0.717, 1.165) is 24.3 Å². The summed E-state index contributed by atoms with van der Waals surface area (Å²) in [7, 11) is 1.60. The molecule has 1 heterocycles. The molecule has 1 saturated carbocycles. The first kappa shape index (κ1) is 10.1. The minimum atomic E-state index is 0.458. The van der Waals surface area contributed by atoms with E-state index >= 15 is 0 Å². The number of hydrogen-bond donors (Lipinski definition) is 1. The van der Waals surface area contributed by atoms with Gasteiger partial charge in [0.2, 0.25) is 11.8 Å². The van der Waals surface area contributed by atoms with Gasteiger partial charge in [-0.2, -0.15) is 0 Å². The van der Waals surface area contributed by atoms with Crippen LogP contribution >= 0.6 is 0 Å². The minimum absolute atomic E-state index is 0.458. The fourth-order valence-corrected chi connectivity index (χ4v) is 1.71. The number of ether oxygens (including phenoxy) is 1. The first-order valence-electron chi connectivity index (χ1n) is 5.54. The average molecular weight is 231 g/mol. The number of nitrogen functional groups attached to an aromatic ring is 1. The third-order valence-corrected chi connectivity index (χ3v) is 2.78. The molecule has 0 amide bonds. The highest BCUT2D eigenvalue weighted by atomic mass is 16.5. The first-order valence-corrected chi connectivity index (χ1v) is 5.54. The van der Waals surface area contributed by atoms with E-state index in [2.05, 4.69) is 10.2 Å². The van der Waals surface area contributed by atoms with E-state index in [0.29, 0.717) is 23.2 Å². The fourth-order valence-electron chi connectivity index (χ4n) is 1.71. The Balaban J connectivity index is 1.98. The second-order valence-electron chi connectivity index (χ2n) is 4.21. The van der Waals surface area contributed by atoms with E-state index in [9.17, 15) is 0 Å². The highest BCUT2D eigenvalue weighted by Gasteiger charge is 2.29. The molecule has 0 aliphatic heterocycles. The molecule has 0 saturated heterocycles. The number of aromatic nitrogens is 2. The van der Waals surface area contributed by atoms with Crippen molar-refractivity contribution in [3.05, 3.63) is 24.1 Å². The van der Waals surface area contributed by atoms with Crippen LogP contribution < -0.4 is 10.5 Å². The van der Waals surface area contributed by atoms with Crippen LogP contribution in [0.4, 0.5) is 5.69 Å². The van der Waals surface area contributed by atoms with Gasteiger partial charge >= 0.3 is 0 Å². The summed E-state index contributed by atoms with van der Waals surface area (Å²) < 4.78 is 10.8. The lowest BCUT2D eigenvalue weighted by molar-refractivity contribution is 0.415. The summed E-state index contributed by atoms with van der Waals surface area (Å²) in [5, 5.41) is 8.08. The molecule has 1 aromatic heterocycles. The molecular weight excluding hydrogens is 218 g/mol. The summed E-state index contributed by atoms with van der Waals surface area (Å²) in [5.41, 5.74) is 7.19. The van der Waals surface area contributed by atoms with Gasteiger partial charge in [0.1, 0.15) is 5.75 Å². The Hall–Kier alpha value is -2.04. The first-order chi connectivity index (χ1) is 8.26. The lowest BCUT2D eigenvalue weighted by Crippen LogP contribution is -1.90.